The Morgan fingerprint density at radius 1 is 0.778 bits per heavy atom. The molecule has 0 radical (unpaired) electrons. The van der Waals surface area contributed by atoms with Gasteiger partial charge in [-0.2, -0.15) is 4.74 Å². The summed E-state index contributed by atoms with van der Waals surface area (Å²) in [5.41, 5.74) is -0.630. The van der Waals surface area contributed by atoms with Crippen LogP contribution in [0.5, 0.6) is 0 Å². The van der Waals surface area contributed by atoms with Crippen molar-refractivity contribution in [1.29, 1.82) is 0 Å². The molecule has 1 atom stereocenters. The summed E-state index contributed by atoms with van der Waals surface area (Å²) in [5.74, 6) is 0. The van der Waals surface area contributed by atoms with Gasteiger partial charge in [-0.15, -0.1) is 0 Å². The van der Waals surface area contributed by atoms with Crippen LogP contribution in [0.15, 0.2) is 91.0 Å². The second-order valence-corrected chi connectivity index (χ2v) is 10.7. The molecule has 0 fully saturated rings. The highest BCUT2D eigenvalue weighted by molar-refractivity contribution is 7.95. The zero-order chi connectivity index (χ0) is 18.7. The van der Waals surface area contributed by atoms with E-state index in [0.29, 0.717) is 0 Å². The van der Waals surface area contributed by atoms with E-state index in [4.69, 9.17) is 0 Å². The largest absolute Gasteiger partial charge is 0.620 e. The van der Waals surface area contributed by atoms with Gasteiger partial charge in [-0.05, 0) is 36.4 Å². The molecule has 2 nitrogen and oxygen atoms in total. The van der Waals surface area contributed by atoms with E-state index >= 15 is 0 Å². The molecule has 0 N–H and O–H groups in total. The fourth-order valence-electron chi connectivity index (χ4n) is 4.11. The molecule has 0 spiro atoms. The van der Waals surface area contributed by atoms with Crippen molar-refractivity contribution in [2.45, 2.75) is 18.4 Å². The van der Waals surface area contributed by atoms with Crippen LogP contribution in [0.1, 0.15) is 12.8 Å². The molecule has 3 heteroatoms. The molecule has 134 valence electrons. The van der Waals surface area contributed by atoms with Crippen molar-refractivity contribution in [2.24, 2.45) is 0 Å². The SMILES string of the molecule is [CH2+]C1(C[P+](c2ccccc2)(c2ccccc2)c2ccccc2)CCC=[N+]1[O-]. The summed E-state index contributed by atoms with van der Waals surface area (Å²) in [7, 11) is -2.03. The number of hydroxylamine groups is 1. The van der Waals surface area contributed by atoms with Crippen LogP contribution < -0.4 is 15.9 Å². The summed E-state index contributed by atoms with van der Waals surface area (Å²) in [6.07, 6.45) is 4.08. The van der Waals surface area contributed by atoms with E-state index in [-0.39, 0.29) is 0 Å². The van der Waals surface area contributed by atoms with E-state index in [2.05, 4.69) is 97.9 Å². The highest BCUT2D eigenvalue weighted by atomic mass is 31.2. The number of nitrogens with zero attached hydrogens (tertiary/aromatic N) is 1. The first kappa shape index (κ1) is 17.8. The molecule has 0 saturated heterocycles. The van der Waals surface area contributed by atoms with Gasteiger partial charge >= 0.3 is 5.54 Å². The van der Waals surface area contributed by atoms with Gasteiger partial charge in [-0.3, -0.25) is 0 Å². The van der Waals surface area contributed by atoms with Crippen LogP contribution in [0, 0.1) is 12.1 Å². The monoisotopic (exact) mass is 373 g/mol. The van der Waals surface area contributed by atoms with Crippen molar-refractivity contribution < 1.29 is 4.74 Å². The van der Waals surface area contributed by atoms with Crippen molar-refractivity contribution in [3.63, 3.8) is 0 Å². The Labute approximate surface area is 162 Å². The molecule has 0 aromatic heterocycles. The average molecular weight is 373 g/mol. The van der Waals surface area contributed by atoms with E-state index in [1.165, 1.54) is 15.9 Å². The predicted octanol–water partition coefficient (Wildman–Crippen LogP) is 3.93. The Morgan fingerprint density at radius 2 is 1.19 bits per heavy atom. The predicted molar refractivity (Wildman–Crippen MR) is 117 cm³/mol. The minimum atomic E-state index is -2.03. The molecule has 27 heavy (non-hydrogen) atoms. The molecule has 4 rings (SSSR count). The fourth-order valence-corrected chi connectivity index (χ4v) is 8.78. The van der Waals surface area contributed by atoms with Gasteiger partial charge < -0.3 is 5.21 Å². The standard InChI is InChI=1S/C24H24NOP/c1-24(18-11-19-25(24)26)20-27(21-12-5-2-6-13-21,22-14-7-3-8-15-22)23-16-9-4-10-17-23/h2-10,12-17,19H,1,11,18,20H2/q+2. The van der Waals surface area contributed by atoms with Crippen molar-refractivity contribution in [3.8, 4) is 0 Å². The lowest BCUT2D eigenvalue weighted by Gasteiger charge is -2.30. The summed E-state index contributed by atoms with van der Waals surface area (Å²) in [6.45, 7) is 4.42. The summed E-state index contributed by atoms with van der Waals surface area (Å²) >= 11 is 0. The van der Waals surface area contributed by atoms with Gasteiger partial charge in [0.25, 0.3) is 0 Å². The topological polar surface area (TPSA) is 26.1 Å². The zero-order valence-electron chi connectivity index (χ0n) is 15.4. The first-order valence-electron chi connectivity index (χ1n) is 9.35. The summed E-state index contributed by atoms with van der Waals surface area (Å²) in [6, 6.07) is 32.0. The number of benzene rings is 3. The van der Waals surface area contributed by atoms with Gasteiger partial charge in [-0.25, -0.2) is 0 Å². The van der Waals surface area contributed by atoms with Gasteiger partial charge in [0.05, 0.1) is 6.42 Å². The van der Waals surface area contributed by atoms with Crippen molar-refractivity contribution >= 4 is 29.4 Å². The van der Waals surface area contributed by atoms with E-state index < -0.39 is 12.8 Å². The Balaban J connectivity index is 1.99. The van der Waals surface area contributed by atoms with Gasteiger partial charge in [0.1, 0.15) is 30.1 Å². The van der Waals surface area contributed by atoms with Crippen LogP contribution in [0.3, 0.4) is 0 Å². The lowest BCUT2D eigenvalue weighted by atomic mass is 10.0. The van der Waals surface area contributed by atoms with Gasteiger partial charge in [0.2, 0.25) is 0 Å². The van der Waals surface area contributed by atoms with Crippen molar-refractivity contribution in [2.75, 3.05) is 6.16 Å². The second kappa shape index (κ2) is 7.21. The van der Waals surface area contributed by atoms with Crippen LogP contribution >= 0.6 is 7.26 Å². The summed E-state index contributed by atoms with van der Waals surface area (Å²) < 4.78 is 1.11. The molecular formula is C24H24NOP+2. The molecule has 1 aliphatic rings. The molecule has 0 amide bonds. The van der Waals surface area contributed by atoms with Gasteiger partial charge in [-0.1, -0.05) is 54.6 Å². The maximum absolute atomic E-state index is 12.7. The quantitative estimate of drug-likeness (QED) is 0.288. The molecule has 3 aromatic rings. The normalized spacial score (nSPS) is 19.6. The second-order valence-electron chi connectivity index (χ2n) is 7.25. The lowest BCUT2D eigenvalue weighted by molar-refractivity contribution is -0.516. The summed E-state index contributed by atoms with van der Waals surface area (Å²) in [5, 5.41) is 16.6. The van der Waals surface area contributed by atoms with E-state index in [1.807, 2.05) is 0 Å². The van der Waals surface area contributed by atoms with Crippen LogP contribution in [-0.2, 0) is 0 Å². The third-order valence-corrected chi connectivity index (χ3v) is 10.1. The van der Waals surface area contributed by atoms with Crippen molar-refractivity contribution in [3.05, 3.63) is 103 Å². The highest BCUT2D eigenvalue weighted by Crippen LogP contribution is 2.58. The number of hydrogen-bond acceptors (Lipinski definition) is 1. The Hall–Kier alpha value is -2.57. The van der Waals surface area contributed by atoms with Crippen molar-refractivity contribution in [1.82, 2.24) is 0 Å². The Morgan fingerprint density at radius 3 is 1.52 bits per heavy atom. The highest BCUT2D eigenvalue weighted by Gasteiger charge is 2.59. The molecule has 1 unspecified atom stereocenters. The van der Waals surface area contributed by atoms with Gasteiger partial charge in [0.15, 0.2) is 12.4 Å². The van der Waals surface area contributed by atoms with Crippen LogP contribution in [0.4, 0.5) is 0 Å². The smallest absolute Gasteiger partial charge is 0.332 e. The first-order valence-corrected chi connectivity index (χ1v) is 11.3. The molecule has 3 aromatic carbocycles. The van der Waals surface area contributed by atoms with E-state index in [1.54, 1.807) is 6.21 Å². The van der Waals surface area contributed by atoms with E-state index in [0.717, 1.165) is 23.7 Å². The zero-order valence-corrected chi connectivity index (χ0v) is 16.3. The number of hydrogen-bond donors (Lipinski definition) is 0. The third kappa shape index (κ3) is 3.15. The first-order chi connectivity index (χ1) is 13.2. The molecule has 1 heterocycles. The molecule has 0 bridgehead atoms. The minimum absolute atomic E-state index is 0.630. The molecule has 0 aliphatic carbocycles. The van der Waals surface area contributed by atoms with Gasteiger partial charge in [0, 0.05) is 6.42 Å². The maximum atomic E-state index is 12.7. The molecule has 0 saturated carbocycles. The average Bonchev–Trinajstić information content (AvgIpc) is 3.06. The maximum Gasteiger partial charge on any atom is 0.332 e. The van der Waals surface area contributed by atoms with Crippen LogP contribution in [0.2, 0.25) is 0 Å². The minimum Gasteiger partial charge on any atom is -0.620 e. The van der Waals surface area contributed by atoms with Crippen LogP contribution in [0.25, 0.3) is 0 Å². The lowest BCUT2D eigenvalue weighted by Crippen LogP contribution is -2.45. The Kier molecular flexibility index (Phi) is 4.76. The molecular weight excluding hydrogens is 349 g/mol. The third-order valence-electron chi connectivity index (χ3n) is 5.49. The summed E-state index contributed by atoms with van der Waals surface area (Å²) in [4.78, 5) is 0. The Bertz CT molecular complexity index is 828. The number of rotatable bonds is 5. The van der Waals surface area contributed by atoms with Crippen LogP contribution in [-0.4, -0.2) is 22.7 Å². The molecule has 1 aliphatic heterocycles. The fraction of sp³-hybridized carbons (Fsp3) is 0.167. The van der Waals surface area contributed by atoms with E-state index in [9.17, 15) is 5.21 Å².